The number of anilines is 3. The van der Waals surface area contributed by atoms with Gasteiger partial charge in [0.15, 0.2) is 5.82 Å². The molecule has 4 heterocycles. The molecule has 1 aliphatic heterocycles. The monoisotopic (exact) mass is 338 g/mol. The van der Waals surface area contributed by atoms with Crippen LogP contribution in [0.1, 0.15) is 37.8 Å². The van der Waals surface area contributed by atoms with E-state index in [1.807, 2.05) is 23.1 Å². The van der Waals surface area contributed by atoms with E-state index < -0.39 is 0 Å². The predicted molar refractivity (Wildman–Crippen MR) is 96.9 cm³/mol. The summed E-state index contributed by atoms with van der Waals surface area (Å²) >= 11 is 0. The Morgan fingerprint density at radius 2 is 2.16 bits per heavy atom. The topological polar surface area (TPSA) is 98.6 Å². The lowest BCUT2D eigenvalue weighted by Gasteiger charge is -2.23. The minimum Gasteiger partial charge on any atom is -0.383 e. The second-order valence-electron chi connectivity index (χ2n) is 6.95. The smallest absolute Gasteiger partial charge is 0.164 e. The van der Waals surface area contributed by atoms with Crippen LogP contribution < -0.4 is 16.4 Å². The van der Waals surface area contributed by atoms with E-state index in [0.717, 1.165) is 48.3 Å². The third kappa shape index (κ3) is 2.62. The Labute approximate surface area is 145 Å². The van der Waals surface area contributed by atoms with Crippen molar-refractivity contribution in [2.75, 3.05) is 24.1 Å². The normalized spacial score (nSPS) is 20.9. The van der Waals surface area contributed by atoms with Gasteiger partial charge in [-0.05, 0) is 38.3 Å². The highest BCUT2D eigenvalue weighted by atomic mass is 15.4. The molecule has 2 aliphatic rings. The Morgan fingerprint density at radius 1 is 1.24 bits per heavy atom. The number of aromatic nitrogens is 5. The molecule has 130 valence electrons. The van der Waals surface area contributed by atoms with E-state index in [9.17, 15) is 0 Å². The van der Waals surface area contributed by atoms with Crippen molar-refractivity contribution in [2.45, 2.75) is 37.8 Å². The van der Waals surface area contributed by atoms with Gasteiger partial charge < -0.3 is 16.4 Å². The molecule has 8 nitrogen and oxygen atoms in total. The molecule has 0 unspecified atom stereocenters. The van der Waals surface area contributed by atoms with Gasteiger partial charge in [0.05, 0.1) is 34.9 Å². The van der Waals surface area contributed by atoms with Gasteiger partial charge >= 0.3 is 0 Å². The number of pyridine rings is 1. The first kappa shape index (κ1) is 14.7. The Hall–Kier alpha value is -2.61. The number of nitrogens with one attached hydrogen (secondary N) is 2. The van der Waals surface area contributed by atoms with Crippen molar-refractivity contribution in [3.05, 3.63) is 24.7 Å². The SMILES string of the molecule is Nc1nccc2c1c(Nc1cnn(C3CC3)c1)nn2[C@@H]1CCCNC1. The summed E-state index contributed by atoms with van der Waals surface area (Å²) in [6, 6.07) is 2.89. The molecule has 3 aromatic rings. The third-order valence-electron chi connectivity index (χ3n) is 5.05. The largest absolute Gasteiger partial charge is 0.383 e. The zero-order chi connectivity index (χ0) is 16.8. The fourth-order valence-corrected chi connectivity index (χ4v) is 3.60. The highest BCUT2D eigenvalue weighted by Gasteiger charge is 2.25. The summed E-state index contributed by atoms with van der Waals surface area (Å²) in [5.74, 6) is 1.26. The van der Waals surface area contributed by atoms with Crippen LogP contribution in [0.3, 0.4) is 0 Å². The van der Waals surface area contributed by atoms with Crippen molar-refractivity contribution in [3.8, 4) is 0 Å². The number of hydrogen-bond acceptors (Lipinski definition) is 6. The Kier molecular flexibility index (Phi) is 3.37. The molecule has 0 radical (unpaired) electrons. The van der Waals surface area contributed by atoms with Crippen LogP contribution in [0.15, 0.2) is 24.7 Å². The first-order chi connectivity index (χ1) is 12.3. The van der Waals surface area contributed by atoms with E-state index in [0.29, 0.717) is 17.9 Å². The average Bonchev–Trinajstić information content (AvgIpc) is 3.27. The van der Waals surface area contributed by atoms with Crippen molar-refractivity contribution in [1.82, 2.24) is 29.9 Å². The van der Waals surface area contributed by atoms with E-state index >= 15 is 0 Å². The van der Waals surface area contributed by atoms with E-state index in [4.69, 9.17) is 10.8 Å². The van der Waals surface area contributed by atoms with Gasteiger partial charge in [0, 0.05) is 18.9 Å². The number of nitrogens with zero attached hydrogens (tertiary/aromatic N) is 5. The zero-order valence-corrected chi connectivity index (χ0v) is 14.0. The van der Waals surface area contributed by atoms with Gasteiger partial charge in [0.2, 0.25) is 0 Å². The maximum Gasteiger partial charge on any atom is 0.164 e. The summed E-state index contributed by atoms with van der Waals surface area (Å²) in [5.41, 5.74) is 8.14. The van der Waals surface area contributed by atoms with E-state index in [2.05, 4.69) is 25.4 Å². The quantitative estimate of drug-likeness (QED) is 0.675. The molecule has 25 heavy (non-hydrogen) atoms. The zero-order valence-electron chi connectivity index (χ0n) is 14.0. The fourth-order valence-electron chi connectivity index (χ4n) is 3.60. The number of nitrogens with two attached hydrogens (primary N) is 1. The first-order valence-electron chi connectivity index (χ1n) is 8.94. The van der Waals surface area contributed by atoms with E-state index in [1.165, 1.54) is 12.8 Å². The van der Waals surface area contributed by atoms with Gasteiger partial charge in [-0.1, -0.05) is 0 Å². The molecular formula is C17H22N8. The van der Waals surface area contributed by atoms with Gasteiger partial charge in [-0.15, -0.1) is 0 Å². The molecule has 5 rings (SSSR count). The van der Waals surface area contributed by atoms with Crippen LogP contribution in [0.25, 0.3) is 10.9 Å². The third-order valence-corrected chi connectivity index (χ3v) is 5.05. The average molecular weight is 338 g/mol. The second-order valence-corrected chi connectivity index (χ2v) is 6.95. The van der Waals surface area contributed by atoms with Crippen LogP contribution in [0.2, 0.25) is 0 Å². The second kappa shape index (κ2) is 5.73. The van der Waals surface area contributed by atoms with Crippen LogP contribution in [-0.2, 0) is 0 Å². The van der Waals surface area contributed by atoms with E-state index in [-0.39, 0.29) is 0 Å². The lowest BCUT2D eigenvalue weighted by atomic mass is 10.1. The van der Waals surface area contributed by atoms with Gasteiger partial charge in [-0.25, -0.2) is 4.98 Å². The van der Waals surface area contributed by atoms with Crippen LogP contribution in [0, 0.1) is 0 Å². The summed E-state index contributed by atoms with van der Waals surface area (Å²) in [7, 11) is 0. The van der Waals surface area contributed by atoms with Crippen molar-refractivity contribution in [2.24, 2.45) is 0 Å². The highest BCUT2D eigenvalue weighted by Crippen LogP contribution is 2.36. The van der Waals surface area contributed by atoms with E-state index in [1.54, 1.807) is 6.20 Å². The lowest BCUT2D eigenvalue weighted by molar-refractivity contribution is 0.355. The summed E-state index contributed by atoms with van der Waals surface area (Å²) in [4.78, 5) is 4.26. The number of fused-ring (bicyclic) bond motifs is 1. The molecule has 0 amide bonds. The summed E-state index contributed by atoms with van der Waals surface area (Å²) < 4.78 is 4.11. The number of hydrogen-bond donors (Lipinski definition) is 3. The van der Waals surface area contributed by atoms with Crippen molar-refractivity contribution in [1.29, 1.82) is 0 Å². The predicted octanol–water partition coefficient (Wildman–Crippen LogP) is 2.21. The number of rotatable bonds is 4. The molecular weight excluding hydrogens is 316 g/mol. The summed E-state index contributed by atoms with van der Waals surface area (Å²) in [5, 5.41) is 17.0. The Bertz CT molecular complexity index is 901. The molecule has 1 saturated heterocycles. The van der Waals surface area contributed by atoms with Crippen molar-refractivity contribution >= 4 is 28.2 Å². The molecule has 1 saturated carbocycles. The molecule has 0 aromatic carbocycles. The maximum atomic E-state index is 6.18. The molecule has 1 aliphatic carbocycles. The number of piperidine rings is 1. The number of nitrogen functional groups attached to an aromatic ring is 1. The van der Waals surface area contributed by atoms with Crippen LogP contribution in [0.5, 0.6) is 0 Å². The molecule has 0 bridgehead atoms. The van der Waals surface area contributed by atoms with Crippen molar-refractivity contribution < 1.29 is 0 Å². The molecule has 0 spiro atoms. The molecule has 8 heteroatoms. The fraction of sp³-hybridized carbons (Fsp3) is 0.471. The summed E-state index contributed by atoms with van der Waals surface area (Å²) in [6.07, 6.45) is 10.3. The molecule has 1 atom stereocenters. The first-order valence-corrected chi connectivity index (χ1v) is 8.94. The van der Waals surface area contributed by atoms with Crippen molar-refractivity contribution in [3.63, 3.8) is 0 Å². The molecule has 2 fully saturated rings. The van der Waals surface area contributed by atoms with Gasteiger partial charge in [-0.2, -0.15) is 10.2 Å². The van der Waals surface area contributed by atoms with Crippen LogP contribution in [0.4, 0.5) is 17.3 Å². The highest BCUT2D eigenvalue weighted by molar-refractivity contribution is 5.99. The Morgan fingerprint density at radius 3 is 2.96 bits per heavy atom. The summed E-state index contributed by atoms with van der Waals surface area (Å²) in [6.45, 7) is 2.00. The van der Waals surface area contributed by atoms with Crippen LogP contribution >= 0.6 is 0 Å². The standard InChI is InChI=1S/C17H22N8/c18-16-15-14(5-7-20-16)25(13-2-1-6-19-9-13)23-17(15)22-11-8-21-24(10-11)12-3-4-12/h5,7-8,10,12-13,19H,1-4,6,9H2,(H2,18,20)(H,22,23)/t13-/m1/s1. The minimum absolute atomic E-state index is 0.336. The van der Waals surface area contributed by atoms with Gasteiger partial charge in [-0.3, -0.25) is 9.36 Å². The van der Waals surface area contributed by atoms with Crippen LogP contribution in [-0.4, -0.2) is 37.6 Å². The maximum absolute atomic E-state index is 6.18. The minimum atomic E-state index is 0.336. The molecule has 3 aromatic heterocycles. The van der Waals surface area contributed by atoms with Gasteiger partial charge in [0.1, 0.15) is 5.82 Å². The molecule has 4 N–H and O–H groups in total. The van der Waals surface area contributed by atoms with Gasteiger partial charge in [0.25, 0.3) is 0 Å². The lowest BCUT2D eigenvalue weighted by Crippen LogP contribution is -2.32. The Balaban J connectivity index is 1.54.